The summed E-state index contributed by atoms with van der Waals surface area (Å²) >= 11 is 0. The highest BCUT2D eigenvalue weighted by molar-refractivity contribution is 5.94. The summed E-state index contributed by atoms with van der Waals surface area (Å²) in [6, 6.07) is 5.44. The molecule has 3 nitrogen and oxygen atoms in total. The summed E-state index contributed by atoms with van der Waals surface area (Å²) in [7, 11) is 0. The van der Waals surface area contributed by atoms with Crippen LogP contribution in [0, 0.1) is 0 Å². The lowest BCUT2D eigenvalue weighted by Gasteiger charge is -2.01. The van der Waals surface area contributed by atoms with Gasteiger partial charge in [0.2, 0.25) is 0 Å². The van der Waals surface area contributed by atoms with E-state index in [0.717, 1.165) is 11.3 Å². The highest BCUT2D eigenvalue weighted by atomic mass is 16.3. The van der Waals surface area contributed by atoms with Crippen LogP contribution in [0.5, 0.6) is 0 Å². The van der Waals surface area contributed by atoms with Gasteiger partial charge in [-0.25, -0.2) is 0 Å². The quantitative estimate of drug-likeness (QED) is 0.633. The van der Waals surface area contributed by atoms with Crippen molar-refractivity contribution in [2.24, 2.45) is 0 Å². The van der Waals surface area contributed by atoms with Crippen molar-refractivity contribution in [2.75, 3.05) is 5.32 Å². The van der Waals surface area contributed by atoms with Gasteiger partial charge in [0.1, 0.15) is 6.23 Å². The molecule has 3 heteroatoms. The molecule has 13 heavy (non-hydrogen) atoms. The molecule has 0 amide bonds. The first kappa shape index (κ1) is 8.26. The summed E-state index contributed by atoms with van der Waals surface area (Å²) in [5.74, 6) is 0.0594. The molecule has 0 spiro atoms. The van der Waals surface area contributed by atoms with E-state index >= 15 is 0 Å². The molecule has 0 saturated heterocycles. The lowest BCUT2D eigenvalue weighted by molar-refractivity contribution is 0.101. The van der Waals surface area contributed by atoms with Crippen molar-refractivity contribution in [3.63, 3.8) is 0 Å². The topological polar surface area (TPSA) is 49.3 Å². The lowest BCUT2D eigenvalue weighted by Crippen LogP contribution is -2.12. The third kappa shape index (κ3) is 1.42. The monoisotopic (exact) mass is 177 g/mol. The molecule has 1 aromatic rings. The lowest BCUT2D eigenvalue weighted by atomic mass is 10.1. The standard InChI is InChI=1S/C10H11NO2/c1-6(12)7-2-3-9-8(4-7)5-10(13)11-9/h2-4,10-11,13H,5H2,1H3. The van der Waals surface area contributed by atoms with Gasteiger partial charge in [0, 0.05) is 17.7 Å². The number of aliphatic hydroxyl groups excluding tert-OH is 1. The third-order valence-electron chi connectivity index (χ3n) is 2.25. The highest BCUT2D eigenvalue weighted by Gasteiger charge is 2.18. The van der Waals surface area contributed by atoms with E-state index < -0.39 is 6.23 Å². The number of hydrogen-bond acceptors (Lipinski definition) is 3. The average molecular weight is 177 g/mol. The second-order valence-corrected chi connectivity index (χ2v) is 3.29. The van der Waals surface area contributed by atoms with Crippen molar-refractivity contribution in [1.82, 2.24) is 0 Å². The first-order valence-corrected chi connectivity index (χ1v) is 4.25. The zero-order valence-electron chi connectivity index (χ0n) is 7.37. The molecule has 1 aromatic carbocycles. The van der Waals surface area contributed by atoms with Gasteiger partial charge in [-0.15, -0.1) is 0 Å². The molecule has 2 rings (SSSR count). The fourth-order valence-electron chi connectivity index (χ4n) is 1.56. The summed E-state index contributed by atoms with van der Waals surface area (Å²) < 4.78 is 0. The predicted molar refractivity (Wildman–Crippen MR) is 49.8 cm³/mol. The predicted octanol–water partition coefficient (Wildman–Crippen LogP) is 1.18. The molecule has 68 valence electrons. The number of anilines is 1. The van der Waals surface area contributed by atoms with Gasteiger partial charge in [-0.2, -0.15) is 0 Å². The Labute approximate surface area is 76.4 Å². The number of rotatable bonds is 1. The van der Waals surface area contributed by atoms with E-state index in [-0.39, 0.29) is 5.78 Å². The maximum Gasteiger partial charge on any atom is 0.159 e. The molecular formula is C10H11NO2. The summed E-state index contributed by atoms with van der Waals surface area (Å²) in [5.41, 5.74) is 2.65. The fourth-order valence-corrected chi connectivity index (χ4v) is 1.56. The van der Waals surface area contributed by atoms with Crippen LogP contribution in [0.15, 0.2) is 18.2 Å². The van der Waals surface area contributed by atoms with Crippen molar-refractivity contribution in [2.45, 2.75) is 19.6 Å². The van der Waals surface area contributed by atoms with Crippen LogP contribution in [0.4, 0.5) is 5.69 Å². The molecule has 0 fully saturated rings. The van der Waals surface area contributed by atoms with Gasteiger partial charge < -0.3 is 10.4 Å². The second-order valence-electron chi connectivity index (χ2n) is 3.29. The fraction of sp³-hybridized carbons (Fsp3) is 0.300. The van der Waals surface area contributed by atoms with Crippen molar-refractivity contribution < 1.29 is 9.90 Å². The Morgan fingerprint density at radius 2 is 2.38 bits per heavy atom. The van der Waals surface area contributed by atoms with E-state index in [1.54, 1.807) is 13.0 Å². The summed E-state index contributed by atoms with van der Waals surface area (Å²) in [6.45, 7) is 1.54. The van der Waals surface area contributed by atoms with Crippen molar-refractivity contribution in [3.05, 3.63) is 29.3 Å². The molecule has 0 aromatic heterocycles. The Hall–Kier alpha value is -1.35. The van der Waals surface area contributed by atoms with Crippen LogP contribution in [0.25, 0.3) is 0 Å². The first-order chi connectivity index (χ1) is 6.16. The Morgan fingerprint density at radius 1 is 1.62 bits per heavy atom. The SMILES string of the molecule is CC(=O)c1ccc2c(c1)CC(O)N2. The maximum atomic E-state index is 11.0. The number of aliphatic hydroxyl groups is 1. The van der Waals surface area contributed by atoms with Crippen LogP contribution in [-0.4, -0.2) is 17.1 Å². The van der Waals surface area contributed by atoms with Gasteiger partial charge in [-0.1, -0.05) is 0 Å². The van der Waals surface area contributed by atoms with Crippen LogP contribution >= 0.6 is 0 Å². The number of carbonyl (C=O) groups excluding carboxylic acids is 1. The molecule has 1 unspecified atom stereocenters. The molecule has 2 N–H and O–H groups in total. The minimum atomic E-state index is -0.503. The van der Waals surface area contributed by atoms with Crippen LogP contribution in [0.2, 0.25) is 0 Å². The Kier molecular flexibility index (Phi) is 1.81. The number of fused-ring (bicyclic) bond motifs is 1. The van der Waals surface area contributed by atoms with E-state index in [1.807, 2.05) is 12.1 Å². The van der Waals surface area contributed by atoms with Gasteiger partial charge in [0.25, 0.3) is 0 Å². The summed E-state index contributed by atoms with van der Waals surface area (Å²) in [6.07, 6.45) is 0.0772. The van der Waals surface area contributed by atoms with Gasteiger partial charge in [-0.05, 0) is 30.7 Å². The number of nitrogens with one attached hydrogen (secondary N) is 1. The number of carbonyl (C=O) groups is 1. The Balaban J connectivity index is 2.40. The Morgan fingerprint density at radius 3 is 3.08 bits per heavy atom. The number of ketones is 1. The van der Waals surface area contributed by atoms with E-state index in [0.29, 0.717) is 12.0 Å². The van der Waals surface area contributed by atoms with Crippen LogP contribution in [0.1, 0.15) is 22.8 Å². The molecule has 1 heterocycles. The van der Waals surface area contributed by atoms with Crippen molar-refractivity contribution in [3.8, 4) is 0 Å². The van der Waals surface area contributed by atoms with Crippen LogP contribution < -0.4 is 5.32 Å². The molecular weight excluding hydrogens is 166 g/mol. The Bertz CT molecular complexity index is 360. The maximum absolute atomic E-state index is 11.0. The molecule has 0 radical (unpaired) electrons. The average Bonchev–Trinajstić information content (AvgIpc) is 2.42. The minimum absolute atomic E-state index is 0.0594. The van der Waals surface area contributed by atoms with Crippen LogP contribution in [-0.2, 0) is 6.42 Å². The molecule has 1 aliphatic rings. The van der Waals surface area contributed by atoms with Crippen LogP contribution in [0.3, 0.4) is 0 Å². The van der Waals surface area contributed by atoms with Gasteiger partial charge in [0.15, 0.2) is 5.78 Å². The second kappa shape index (κ2) is 2.85. The number of Topliss-reactive ketones (excluding diaryl/α,β-unsaturated/α-hetero) is 1. The molecule has 0 aliphatic carbocycles. The third-order valence-corrected chi connectivity index (χ3v) is 2.25. The summed E-state index contributed by atoms with van der Waals surface area (Å²) in [5, 5.41) is 12.2. The van der Waals surface area contributed by atoms with E-state index in [4.69, 9.17) is 0 Å². The zero-order chi connectivity index (χ0) is 9.42. The van der Waals surface area contributed by atoms with E-state index in [2.05, 4.69) is 5.32 Å². The highest BCUT2D eigenvalue weighted by Crippen LogP contribution is 2.25. The minimum Gasteiger partial charge on any atom is -0.373 e. The van der Waals surface area contributed by atoms with E-state index in [1.165, 1.54) is 0 Å². The zero-order valence-corrected chi connectivity index (χ0v) is 7.37. The van der Waals surface area contributed by atoms with Crippen molar-refractivity contribution >= 4 is 11.5 Å². The number of benzene rings is 1. The molecule has 1 aliphatic heterocycles. The smallest absolute Gasteiger partial charge is 0.159 e. The normalized spacial score (nSPS) is 19.4. The molecule has 1 atom stereocenters. The van der Waals surface area contributed by atoms with Gasteiger partial charge >= 0.3 is 0 Å². The number of hydrogen-bond donors (Lipinski definition) is 2. The largest absolute Gasteiger partial charge is 0.373 e. The van der Waals surface area contributed by atoms with Gasteiger partial charge in [0.05, 0.1) is 0 Å². The summed E-state index contributed by atoms with van der Waals surface area (Å²) in [4.78, 5) is 11.0. The first-order valence-electron chi connectivity index (χ1n) is 4.25. The molecule has 0 bridgehead atoms. The van der Waals surface area contributed by atoms with E-state index in [9.17, 15) is 9.90 Å². The molecule has 0 saturated carbocycles. The van der Waals surface area contributed by atoms with Crippen molar-refractivity contribution in [1.29, 1.82) is 0 Å². The van der Waals surface area contributed by atoms with Gasteiger partial charge in [-0.3, -0.25) is 4.79 Å².